The summed E-state index contributed by atoms with van der Waals surface area (Å²) in [6.07, 6.45) is 0. The van der Waals surface area contributed by atoms with Crippen LogP contribution in [-0.2, 0) is 21.7 Å². The molecule has 0 aliphatic rings. The highest BCUT2D eigenvalue weighted by Gasteiger charge is 2.28. The van der Waals surface area contributed by atoms with Gasteiger partial charge in [-0.15, -0.1) is 0 Å². The van der Waals surface area contributed by atoms with E-state index in [0.29, 0.717) is 0 Å². The van der Waals surface area contributed by atoms with Crippen LogP contribution in [0.2, 0.25) is 0 Å². The van der Waals surface area contributed by atoms with Gasteiger partial charge in [-0.25, -0.2) is 0 Å². The second kappa shape index (κ2) is 16.0. The molecule has 0 aliphatic heterocycles. The molecule has 0 N–H and O–H groups in total. The van der Waals surface area contributed by atoms with Gasteiger partial charge in [0.05, 0.1) is 11.4 Å². The van der Waals surface area contributed by atoms with Crippen LogP contribution in [0.15, 0.2) is 170 Å². The van der Waals surface area contributed by atoms with E-state index in [4.69, 9.17) is 0 Å². The van der Waals surface area contributed by atoms with Crippen molar-refractivity contribution in [1.82, 2.24) is 0 Å². The van der Waals surface area contributed by atoms with Gasteiger partial charge in [-0.2, -0.15) is 0 Å². The zero-order chi connectivity index (χ0) is 44.2. The molecule has 0 saturated carbocycles. The van der Waals surface area contributed by atoms with Gasteiger partial charge in [0, 0.05) is 44.3 Å². The maximum absolute atomic E-state index is 2.50. The molecule has 62 heavy (non-hydrogen) atoms. The summed E-state index contributed by atoms with van der Waals surface area (Å²) >= 11 is 0. The lowest BCUT2D eigenvalue weighted by Crippen LogP contribution is -2.17. The average Bonchev–Trinajstić information content (AvgIpc) is 3.24. The topological polar surface area (TPSA) is 6.48 Å². The molecule has 0 radical (unpaired) electrons. The highest BCUT2D eigenvalue weighted by molar-refractivity contribution is 6.23. The third kappa shape index (κ3) is 8.41. The van der Waals surface area contributed by atoms with Crippen LogP contribution < -0.4 is 9.80 Å². The van der Waals surface area contributed by atoms with Gasteiger partial charge >= 0.3 is 0 Å². The molecule has 2 nitrogen and oxygen atoms in total. The fraction of sp³-hybridized carbons (Fsp3) is 0.267. The number of anilines is 6. The van der Waals surface area contributed by atoms with E-state index in [2.05, 4.69) is 263 Å². The van der Waals surface area contributed by atoms with E-state index < -0.39 is 0 Å². The van der Waals surface area contributed by atoms with Crippen LogP contribution in [0, 0.1) is 0 Å². The lowest BCUT2D eigenvalue weighted by Gasteiger charge is -2.34. The van der Waals surface area contributed by atoms with Crippen LogP contribution >= 0.6 is 0 Å². The smallest absolute Gasteiger partial charge is 0.0620 e. The quantitative estimate of drug-likeness (QED) is 0.117. The molecule has 2 heteroatoms. The van der Waals surface area contributed by atoms with Gasteiger partial charge < -0.3 is 9.80 Å². The first kappa shape index (κ1) is 42.6. The van der Waals surface area contributed by atoms with Gasteiger partial charge in [-0.3, -0.25) is 0 Å². The zero-order valence-corrected chi connectivity index (χ0v) is 39.1. The Morgan fingerprint density at radius 3 is 0.871 bits per heavy atom. The lowest BCUT2D eigenvalue weighted by atomic mass is 9.86. The summed E-state index contributed by atoms with van der Waals surface area (Å²) in [6.45, 7) is 27.4. The third-order valence-electron chi connectivity index (χ3n) is 12.5. The molecule has 0 fully saturated rings. The van der Waals surface area contributed by atoms with Gasteiger partial charge in [0.2, 0.25) is 0 Å². The van der Waals surface area contributed by atoms with E-state index in [1.165, 1.54) is 54.9 Å². The Bertz CT molecular complexity index is 2710. The van der Waals surface area contributed by atoms with Gasteiger partial charge in [0.15, 0.2) is 0 Å². The molecule has 0 heterocycles. The Hall–Kier alpha value is -6.12. The summed E-state index contributed by atoms with van der Waals surface area (Å²) in [5.41, 5.74) is 14.6. The molecule has 8 rings (SSSR count). The molecule has 8 aromatic carbocycles. The van der Waals surface area contributed by atoms with Crippen LogP contribution in [0.25, 0.3) is 32.7 Å². The van der Waals surface area contributed by atoms with Crippen molar-refractivity contribution < 1.29 is 0 Å². The number of hydrogen-bond donors (Lipinski definition) is 0. The van der Waals surface area contributed by atoms with E-state index in [0.717, 1.165) is 34.1 Å². The number of hydrogen-bond acceptors (Lipinski definition) is 2. The second-order valence-corrected chi connectivity index (χ2v) is 21.2. The largest absolute Gasteiger partial charge is 0.309 e. The minimum Gasteiger partial charge on any atom is -0.309 e. The predicted octanol–water partition coefficient (Wildman–Crippen LogP) is 17.8. The highest BCUT2D eigenvalue weighted by atomic mass is 15.2. The van der Waals surface area contributed by atoms with Crippen molar-refractivity contribution in [2.75, 3.05) is 9.80 Å². The molecular weight excluding hydrogens is 749 g/mol. The van der Waals surface area contributed by atoms with Crippen molar-refractivity contribution in [3.8, 4) is 11.1 Å². The van der Waals surface area contributed by atoms with Crippen molar-refractivity contribution in [3.63, 3.8) is 0 Å². The Kier molecular flexibility index (Phi) is 11.0. The zero-order valence-electron chi connectivity index (χ0n) is 39.1. The van der Waals surface area contributed by atoms with Crippen molar-refractivity contribution in [2.45, 2.75) is 105 Å². The molecule has 0 bridgehead atoms. The Morgan fingerprint density at radius 1 is 0.258 bits per heavy atom. The average molecular weight is 813 g/mol. The van der Waals surface area contributed by atoms with Gasteiger partial charge in [-0.1, -0.05) is 198 Å². The molecule has 0 atom stereocenters. The maximum Gasteiger partial charge on any atom is 0.0620 e. The minimum atomic E-state index is 0.0307. The Morgan fingerprint density at radius 2 is 0.548 bits per heavy atom. The van der Waals surface area contributed by atoms with E-state index >= 15 is 0 Å². The Balaban J connectivity index is 1.50. The molecule has 0 aliphatic carbocycles. The van der Waals surface area contributed by atoms with E-state index in [1.807, 2.05) is 0 Å². The molecule has 314 valence electrons. The summed E-state index contributed by atoms with van der Waals surface area (Å²) in [4.78, 5) is 5.00. The fourth-order valence-corrected chi connectivity index (χ4v) is 8.68. The summed E-state index contributed by atoms with van der Waals surface area (Å²) in [6, 6.07) is 63.9. The first-order chi connectivity index (χ1) is 29.3. The number of nitrogens with zero attached hydrogens (tertiary/aromatic N) is 2. The van der Waals surface area contributed by atoms with Crippen LogP contribution in [0.1, 0.15) is 105 Å². The maximum atomic E-state index is 2.50. The van der Waals surface area contributed by atoms with E-state index in [1.54, 1.807) is 0 Å². The summed E-state index contributed by atoms with van der Waals surface area (Å²) in [5, 5.41) is 4.73. The van der Waals surface area contributed by atoms with Crippen molar-refractivity contribution in [1.29, 1.82) is 0 Å². The van der Waals surface area contributed by atoms with E-state index in [9.17, 15) is 0 Å². The van der Waals surface area contributed by atoms with Crippen LogP contribution in [-0.4, -0.2) is 0 Å². The number of benzene rings is 8. The third-order valence-corrected chi connectivity index (χ3v) is 12.5. The van der Waals surface area contributed by atoms with Crippen LogP contribution in [0.4, 0.5) is 34.1 Å². The molecule has 0 amide bonds. The number of rotatable bonds is 7. The van der Waals surface area contributed by atoms with E-state index in [-0.39, 0.29) is 21.7 Å². The predicted molar refractivity (Wildman–Crippen MR) is 271 cm³/mol. The molecular formula is C60H64N2. The lowest BCUT2D eigenvalue weighted by molar-refractivity contribution is 0.590. The molecule has 0 aromatic heterocycles. The molecule has 0 unspecified atom stereocenters. The van der Waals surface area contributed by atoms with Gasteiger partial charge in [-0.05, 0) is 110 Å². The summed E-state index contributed by atoms with van der Waals surface area (Å²) < 4.78 is 0. The first-order valence-corrected chi connectivity index (χ1v) is 22.4. The van der Waals surface area contributed by atoms with Crippen molar-refractivity contribution in [2.24, 2.45) is 0 Å². The normalized spacial score (nSPS) is 12.5. The standard InChI is InChI=1S/C60H64N2/c1-57(2,3)43-23-31-47(32-24-43)61(48-33-25-44(26-34-48)58(4,5)6)55-51-20-16-17-21-52(51)56(54-40-42(22-39-53(54)55)41-18-14-13-15-19-41)62(49-35-27-45(28-36-49)59(7,8)9)50-37-29-46(30-38-50)60(10,11)12/h13-40H,1-12H3. The molecule has 0 spiro atoms. The van der Waals surface area contributed by atoms with Gasteiger partial charge in [0.1, 0.15) is 0 Å². The SMILES string of the molecule is CC(C)(C)c1ccc(N(c2ccc(C(C)(C)C)cc2)c2c3ccccc3c(N(c3ccc(C(C)(C)C)cc3)c3ccc(C(C)(C)C)cc3)c3cc(-c4ccccc4)ccc23)cc1. The van der Waals surface area contributed by atoms with Crippen LogP contribution in [0.5, 0.6) is 0 Å². The van der Waals surface area contributed by atoms with Crippen LogP contribution in [0.3, 0.4) is 0 Å². The van der Waals surface area contributed by atoms with Gasteiger partial charge in [0.25, 0.3) is 0 Å². The molecule has 8 aromatic rings. The first-order valence-electron chi connectivity index (χ1n) is 22.4. The monoisotopic (exact) mass is 813 g/mol. The summed E-state index contributed by atoms with van der Waals surface area (Å²) in [5.74, 6) is 0. The van der Waals surface area contributed by atoms with Crippen molar-refractivity contribution in [3.05, 3.63) is 192 Å². The fourth-order valence-electron chi connectivity index (χ4n) is 8.68. The Labute approximate surface area is 371 Å². The minimum absolute atomic E-state index is 0.0307. The van der Waals surface area contributed by atoms with Crippen molar-refractivity contribution >= 4 is 55.7 Å². The summed E-state index contributed by atoms with van der Waals surface area (Å²) in [7, 11) is 0. The second-order valence-electron chi connectivity index (χ2n) is 21.2. The number of fused-ring (bicyclic) bond motifs is 2. The molecule has 0 saturated heterocycles. The highest BCUT2D eigenvalue weighted by Crippen LogP contribution is 2.52.